The SMILES string of the molecule is CCc1c(C)nn(CCNC(=O)C(C)Sc2nc(C)cc(=O)[nH]2)c1C. The van der Waals surface area contributed by atoms with E-state index in [9.17, 15) is 9.59 Å². The lowest BCUT2D eigenvalue weighted by atomic mass is 10.1. The van der Waals surface area contributed by atoms with E-state index in [2.05, 4.69) is 34.2 Å². The third-order valence-corrected chi connectivity index (χ3v) is 5.00. The van der Waals surface area contributed by atoms with E-state index in [-0.39, 0.29) is 16.7 Å². The van der Waals surface area contributed by atoms with Crippen LogP contribution in [0, 0.1) is 20.8 Å². The van der Waals surface area contributed by atoms with Crippen molar-refractivity contribution in [1.82, 2.24) is 25.1 Å². The van der Waals surface area contributed by atoms with Gasteiger partial charge >= 0.3 is 0 Å². The fraction of sp³-hybridized carbons (Fsp3) is 0.529. The van der Waals surface area contributed by atoms with Crippen molar-refractivity contribution < 1.29 is 4.79 Å². The van der Waals surface area contributed by atoms with Gasteiger partial charge in [0.1, 0.15) is 0 Å². The maximum absolute atomic E-state index is 12.2. The molecular formula is C17H25N5O2S. The summed E-state index contributed by atoms with van der Waals surface area (Å²) in [6.07, 6.45) is 0.958. The fourth-order valence-electron chi connectivity index (χ4n) is 2.72. The van der Waals surface area contributed by atoms with Gasteiger partial charge in [-0.15, -0.1) is 0 Å². The van der Waals surface area contributed by atoms with Crippen molar-refractivity contribution in [1.29, 1.82) is 0 Å². The molecule has 0 aromatic carbocycles. The molecule has 25 heavy (non-hydrogen) atoms. The van der Waals surface area contributed by atoms with Crippen molar-refractivity contribution in [2.75, 3.05) is 6.54 Å². The summed E-state index contributed by atoms with van der Waals surface area (Å²) >= 11 is 1.24. The molecule has 1 unspecified atom stereocenters. The highest BCUT2D eigenvalue weighted by molar-refractivity contribution is 8.00. The van der Waals surface area contributed by atoms with Gasteiger partial charge in [0.25, 0.3) is 5.56 Å². The molecule has 136 valence electrons. The molecule has 0 aliphatic carbocycles. The van der Waals surface area contributed by atoms with E-state index in [1.807, 2.05) is 11.6 Å². The van der Waals surface area contributed by atoms with Gasteiger partial charge in [0.2, 0.25) is 5.91 Å². The average Bonchev–Trinajstić information content (AvgIpc) is 2.79. The molecule has 2 rings (SSSR count). The lowest BCUT2D eigenvalue weighted by Gasteiger charge is -2.12. The van der Waals surface area contributed by atoms with Crippen molar-refractivity contribution in [3.8, 4) is 0 Å². The number of aryl methyl sites for hydroxylation is 2. The van der Waals surface area contributed by atoms with Crippen LogP contribution in [0.15, 0.2) is 16.0 Å². The van der Waals surface area contributed by atoms with Crippen molar-refractivity contribution in [3.05, 3.63) is 39.1 Å². The Bertz CT molecular complexity index is 812. The number of aromatic amines is 1. The molecule has 1 atom stereocenters. The molecule has 2 aromatic heterocycles. The van der Waals surface area contributed by atoms with Crippen LogP contribution in [-0.2, 0) is 17.8 Å². The van der Waals surface area contributed by atoms with Gasteiger partial charge in [-0.2, -0.15) is 5.10 Å². The number of rotatable bonds is 7. The van der Waals surface area contributed by atoms with Crippen LogP contribution in [0.3, 0.4) is 0 Å². The fourth-order valence-corrected chi connectivity index (χ4v) is 3.60. The first kappa shape index (κ1) is 19.2. The molecule has 0 saturated carbocycles. The van der Waals surface area contributed by atoms with E-state index in [0.717, 1.165) is 17.8 Å². The normalized spacial score (nSPS) is 12.2. The summed E-state index contributed by atoms with van der Waals surface area (Å²) < 4.78 is 1.94. The Balaban J connectivity index is 1.88. The molecule has 0 bridgehead atoms. The molecule has 0 spiro atoms. The quantitative estimate of drug-likeness (QED) is 0.577. The molecule has 8 heteroatoms. The number of amides is 1. The Labute approximate surface area is 151 Å². The molecule has 1 amide bonds. The second-order valence-electron chi connectivity index (χ2n) is 5.97. The molecule has 2 N–H and O–H groups in total. The van der Waals surface area contributed by atoms with Crippen molar-refractivity contribution in [2.24, 2.45) is 0 Å². The van der Waals surface area contributed by atoms with Crippen LogP contribution in [-0.4, -0.2) is 37.5 Å². The Morgan fingerprint density at radius 1 is 1.40 bits per heavy atom. The van der Waals surface area contributed by atoms with Crippen LogP contribution in [0.1, 0.15) is 36.5 Å². The Hall–Kier alpha value is -2.09. The lowest BCUT2D eigenvalue weighted by molar-refractivity contribution is -0.120. The van der Waals surface area contributed by atoms with Crippen LogP contribution in [0.4, 0.5) is 0 Å². The van der Waals surface area contributed by atoms with Gasteiger partial charge in [0, 0.05) is 24.0 Å². The first-order valence-corrected chi connectivity index (χ1v) is 9.25. The first-order chi connectivity index (χ1) is 11.8. The van der Waals surface area contributed by atoms with Gasteiger partial charge < -0.3 is 10.3 Å². The minimum atomic E-state index is -0.350. The average molecular weight is 363 g/mol. The third-order valence-electron chi connectivity index (χ3n) is 4.01. The number of carbonyl (C=O) groups excluding carboxylic acids is 1. The molecule has 0 saturated heterocycles. The number of thioether (sulfide) groups is 1. The van der Waals surface area contributed by atoms with Crippen LogP contribution < -0.4 is 10.9 Å². The summed E-state index contributed by atoms with van der Waals surface area (Å²) in [5.41, 5.74) is 3.89. The number of carbonyl (C=O) groups is 1. The molecule has 2 aromatic rings. The predicted molar refractivity (Wildman–Crippen MR) is 99.0 cm³/mol. The van der Waals surface area contributed by atoms with Gasteiger partial charge in [-0.05, 0) is 39.7 Å². The second-order valence-corrected chi connectivity index (χ2v) is 7.30. The molecule has 0 radical (unpaired) electrons. The Morgan fingerprint density at radius 3 is 2.72 bits per heavy atom. The topological polar surface area (TPSA) is 92.7 Å². The van der Waals surface area contributed by atoms with E-state index in [1.54, 1.807) is 13.8 Å². The summed E-state index contributed by atoms with van der Waals surface area (Å²) in [6, 6.07) is 1.42. The minimum Gasteiger partial charge on any atom is -0.353 e. The Kier molecular flexibility index (Phi) is 6.41. The van der Waals surface area contributed by atoms with Crippen LogP contribution >= 0.6 is 11.8 Å². The smallest absolute Gasteiger partial charge is 0.251 e. The molecule has 0 aliphatic heterocycles. The largest absolute Gasteiger partial charge is 0.353 e. The molecule has 0 fully saturated rings. The monoisotopic (exact) mass is 363 g/mol. The predicted octanol–water partition coefficient (Wildman–Crippen LogP) is 1.75. The van der Waals surface area contributed by atoms with E-state index < -0.39 is 0 Å². The maximum atomic E-state index is 12.2. The van der Waals surface area contributed by atoms with Crippen molar-refractivity contribution in [3.63, 3.8) is 0 Å². The van der Waals surface area contributed by atoms with Crippen LogP contribution in [0.5, 0.6) is 0 Å². The number of H-pyrrole nitrogens is 1. The van der Waals surface area contributed by atoms with Crippen LogP contribution in [0.25, 0.3) is 0 Å². The minimum absolute atomic E-state index is 0.0913. The molecule has 0 aliphatic rings. The lowest BCUT2D eigenvalue weighted by Crippen LogP contribution is -2.33. The zero-order valence-electron chi connectivity index (χ0n) is 15.3. The van der Waals surface area contributed by atoms with Gasteiger partial charge in [0.15, 0.2) is 5.16 Å². The summed E-state index contributed by atoms with van der Waals surface area (Å²) in [7, 11) is 0. The van der Waals surface area contributed by atoms with Crippen LogP contribution in [0.2, 0.25) is 0 Å². The van der Waals surface area contributed by atoms with E-state index in [0.29, 0.717) is 23.9 Å². The van der Waals surface area contributed by atoms with E-state index in [1.165, 1.54) is 23.4 Å². The first-order valence-electron chi connectivity index (χ1n) is 8.37. The number of hydrogen-bond donors (Lipinski definition) is 2. The number of nitrogens with one attached hydrogen (secondary N) is 2. The highest BCUT2D eigenvalue weighted by Crippen LogP contribution is 2.18. The third kappa shape index (κ3) is 4.94. The van der Waals surface area contributed by atoms with Crippen molar-refractivity contribution >= 4 is 17.7 Å². The van der Waals surface area contributed by atoms with Gasteiger partial charge in [0.05, 0.1) is 17.5 Å². The highest BCUT2D eigenvalue weighted by atomic mass is 32.2. The number of aromatic nitrogens is 4. The maximum Gasteiger partial charge on any atom is 0.251 e. The summed E-state index contributed by atoms with van der Waals surface area (Å²) in [5.74, 6) is -0.0913. The number of hydrogen-bond acceptors (Lipinski definition) is 5. The molecule has 7 nitrogen and oxygen atoms in total. The van der Waals surface area contributed by atoms with Crippen molar-refractivity contribution in [2.45, 2.75) is 58.0 Å². The van der Waals surface area contributed by atoms with E-state index >= 15 is 0 Å². The highest BCUT2D eigenvalue weighted by Gasteiger charge is 2.16. The number of nitrogens with zero attached hydrogens (tertiary/aromatic N) is 3. The standard InChI is InChI=1S/C17H25N5O2S/c1-6-14-11(3)21-22(12(14)4)8-7-18-16(24)13(5)25-17-19-10(2)9-15(23)20-17/h9,13H,6-8H2,1-5H3,(H,18,24)(H,19,20,23). The Morgan fingerprint density at radius 2 is 2.12 bits per heavy atom. The zero-order chi connectivity index (χ0) is 18.6. The summed E-state index contributed by atoms with van der Waals surface area (Å²) in [6.45, 7) is 10.9. The molecular weight excluding hydrogens is 338 g/mol. The van der Waals surface area contributed by atoms with Gasteiger partial charge in [-0.1, -0.05) is 18.7 Å². The molecule has 2 heterocycles. The summed E-state index contributed by atoms with van der Waals surface area (Å²) in [4.78, 5) is 30.6. The zero-order valence-corrected chi connectivity index (χ0v) is 16.2. The van der Waals surface area contributed by atoms with Gasteiger partial charge in [-0.25, -0.2) is 4.98 Å². The summed E-state index contributed by atoms with van der Waals surface area (Å²) in [5, 5.41) is 7.54. The second kappa shape index (κ2) is 8.33. The van der Waals surface area contributed by atoms with E-state index in [4.69, 9.17) is 0 Å². The van der Waals surface area contributed by atoms with Gasteiger partial charge in [-0.3, -0.25) is 14.3 Å².